The average molecular weight is 308 g/mol. The largest absolute Gasteiger partial charge is 0.285 e. The summed E-state index contributed by atoms with van der Waals surface area (Å²) in [4.78, 5) is 11.2. The number of alkyl halides is 3. The third-order valence-electron chi connectivity index (χ3n) is 1.16. The highest BCUT2D eigenvalue weighted by Crippen LogP contribution is 2.29. The van der Waals surface area contributed by atoms with Gasteiger partial charge in [0.1, 0.15) is 0 Å². The molecule has 0 bridgehead atoms. The Morgan fingerprint density at radius 1 is 1.62 bits per heavy atom. The summed E-state index contributed by atoms with van der Waals surface area (Å²) in [5.74, 6) is -1.86. The number of hydrogen-bond donors (Lipinski definition) is 0. The van der Waals surface area contributed by atoms with Crippen molar-refractivity contribution < 1.29 is 9.18 Å². The Labute approximate surface area is 96.7 Å². The predicted octanol–water partition coefficient (Wildman–Crippen LogP) is 3.20. The van der Waals surface area contributed by atoms with E-state index in [4.69, 9.17) is 34.8 Å². The highest BCUT2D eigenvalue weighted by molar-refractivity contribution is 9.10. The molecule has 1 rings (SSSR count). The van der Waals surface area contributed by atoms with E-state index >= 15 is 0 Å². The van der Waals surface area contributed by atoms with Crippen LogP contribution in [0.2, 0.25) is 0 Å². The lowest BCUT2D eigenvalue weighted by atomic mass is 10.6. The summed E-state index contributed by atoms with van der Waals surface area (Å²) in [6.07, 6.45) is 2.27. The molecular formula is C6HBrCl3FNO. The zero-order chi connectivity index (χ0) is 10.2. The quantitative estimate of drug-likeness (QED) is 0.675. The topological polar surface area (TPSA) is 22.0 Å². The summed E-state index contributed by atoms with van der Waals surface area (Å²) in [5, 5.41) is 0. The zero-order valence-corrected chi connectivity index (χ0v) is 9.68. The molecule has 0 fully saturated rings. The van der Waals surface area contributed by atoms with Crippen molar-refractivity contribution in [1.82, 2.24) is 4.57 Å². The van der Waals surface area contributed by atoms with Crippen LogP contribution in [0.4, 0.5) is 4.39 Å². The van der Waals surface area contributed by atoms with Crippen LogP contribution in [0.15, 0.2) is 10.5 Å². The van der Waals surface area contributed by atoms with Crippen LogP contribution < -0.4 is 0 Å². The van der Waals surface area contributed by atoms with Crippen molar-refractivity contribution in [3.8, 4) is 0 Å². The standard InChI is InChI=1S/C6HBrCl3FNO/c7-3-1-2-12(4(3)11)5(13)6(8,9)10/h1H. The molecule has 0 aliphatic heterocycles. The molecule has 1 heterocycles. The second-order valence-corrected chi connectivity index (χ2v) is 5.19. The summed E-state index contributed by atoms with van der Waals surface area (Å²) in [5.41, 5.74) is 0. The molecular weight excluding hydrogens is 307 g/mol. The summed E-state index contributed by atoms with van der Waals surface area (Å²) in [7, 11) is 0. The first kappa shape index (κ1) is 11.3. The second-order valence-electron chi connectivity index (χ2n) is 2.05. The van der Waals surface area contributed by atoms with Crippen molar-refractivity contribution in [1.29, 1.82) is 0 Å². The third kappa shape index (κ3) is 2.37. The number of hydrogen-bond acceptors (Lipinski definition) is 1. The molecule has 0 aromatic carbocycles. The van der Waals surface area contributed by atoms with Gasteiger partial charge in [0.05, 0.1) is 10.7 Å². The van der Waals surface area contributed by atoms with Gasteiger partial charge in [-0.15, -0.1) is 0 Å². The number of nitrogens with zero attached hydrogens (tertiary/aromatic N) is 1. The molecule has 0 saturated carbocycles. The molecule has 0 unspecified atom stereocenters. The first-order valence-electron chi connectivity index (χ1n) is 2.90. The minimum Gasteiger partial charge on any atom is -0.269 e. The smallest absolute Gasteiger partial charge is 0.269 e. The van der Waals surface area contributed by atoms with Crippen LogP contribution in [-0.2, 0) is 0 Å². The molecule has 0 N–H and O–H groups in total. The van der Waals surface area contributed by atoms with Crippen molar-refractivity contribution in [2.45, 2.75) is 3.79 Å². The van der Waals surface area contributed by atoms with Crippen LogP contribution in [0.1, 0.15) is 4.79 Å². The second kappa shape index (κ2) is 3.77. The van der Waals surface area contributed by atoms with Crippen molar-refractivity contribution in [3.05, 3.63) is 22.7 Å². The normalized spacial score (nSPS) is 11.8. The van der Waals surface area contributed by atoms with Gasteiger partial charge in [-0.25, -0.2) is 4.57 Å². The van der Waals surface area contributed by atoms with Gasteiger partial charge in [-0.1, -0.05) is 34.8 Å². The Morgan fingerprint density at radius 3 is 2.46 bits per heavy atom. The van der Waals surface area contributed by atoms with E-state index in [0.717, 1.165) is 0 Å². The molecule has 0 spiro atoms. The molecule has 0 atom stereocenters. The Hall–Kier alpha value is 0.230. The van der Waals surface area contributed by atoms with E-state index in [9.17, 15) is 9.18 Å². The fourth-order valence-corrected chi connectivity index (χ4v) is 1.15. The lowest BCUT2D eigenvalue weighted by Crippen LogP contribution is -2.26. The minimum absolute atomic E-state index is 0.0788. The number of carbonyl (C=O) groups is 1. The SMILES string of the molecule is O=C(n1[c]cc(Br)c1F)C(Cl)(Cl)Cl. The molecule has 1 aromatic rings. The molecule has 13 heavy (non-hydrogen) atoms. The van der Waals surface area contributed by atoms with Gasteiger partial charge in [0, 0.05) is 0 Å². The maximum absolute atomic E-state index is 13.0. The van der Waals surface area contributed by atoms with Gasteiger partial charge in [0.25, 0.3) is 9.70 Å². The van der Waals surface area contributed by atoms with Crippen LogP contribution in [0.25, 0.3) is 0 Å². The van der Waals surface area contributed by atoms with E-state index < -0.39 is 15.6 Å². The molecule has 0 amide bonds. The zero-order valence-electron chi connectivity index (χ0n) is 5.82. The molecule has 0 aliphatic rings. The number of halogens is 5. The fourth-order valence-electron chi connectivity index (χ4n) is 0.619. The van der Waals surface area contributed by atoms with Crippen LogP contribution in [-0.4, -0.2) is 14.3 Å². The molecule has 1 aromatic heterocycles. The van der Waals surface area contributed by atoms with Gasteiger partial charge in [0.2, 0.25) is 5.95 Å². The maximum Gasteiger partial charge on any atom is 0.285 e. The highest BCUT2D eigenvalue weighted by Gasteiger charge is 2.33. The molecule has 7 heteroatoms. The van der Waals surface area contributed by atoms with Crippen LogP contribution >= 0.6 is 50.7 Å². The van der Waals surface area contributed by atoms with E-state index in [0.29, 0.717) is 4.57 Å². The van der Waals surface area contributed by atoms with Gasteiger partial charge in [-0.05, 0) is 22.0 Å². The predicted molar refractivity (Wildman–Crippen MR) is 51.8 cm³/mol. The van der Waals surface area contributed by atoms with Gasteiger partial charge in [-0.2, -0.15) is 4.39 Å². The molecule has 1 radical (unpaired) electrons. The van der Waals surface area contributed by atoms with Crippen LogP contribution in [0.5, 0.6) is 0 Å². The Balaban J connectivity index is 3.10. The van der Waals surface area contributed by atoms with Crippen LogP contribution in [0.3, 0.4) is 0 Å². The van der Waals surface area contributed by atoms with E-state index in [2.05, 4.69) is 22.1 Å². The lowest BCUT2D eigenvalue weighted by molar-refractivity contribution is 0.0903. The van der Waals surface area contributed by atoms with E-state index in [1.54, 1.807) is 0 Å². The van der Waals surface area contributed by atoms with Crippen LogP contribution in [0, 0.1) is 12.1 Å². The number of rotatable bonds is 0. The molecule has 0 saturated heterocycles. The average Bonchev–Trinajstić information content (AvgIpc) is 2.30. The summed E-state index contributed by atoms with van der Waals surface area (Å²) in [6, 6.07) is 1.21. The van der Waals surface area contributed by atoms with Gasteiger partial charge in [-0.3, -0.25) is 4.79 Å². The highest BCUT2D eigenvalue weighted by atomic mass is 79.9. The number of aromatic nitrogens is 1. The molecule has 71 valence electrons. The molecule has 0 aliphatic carbocycles. The summed E-state index contributed by atoms with van der Waals surface area (Å²) in [6.45, 7) is 0. The lowest BCUT2D eigenvalue weighted by Gasteiger charge is -2.09. The Bertz CT molecular complexity index is 346. The van der Waals surface area contributed by atoms with E-state index in [1.807, 2.05) is 0 Å². The maximum atomic E-state index is 13.0. The molecule has 2 nitrogen and oxygen atoms in total. The van der Waals surface area contributed by atoms with Crippen molar-refractivity contribution in [3.63, 3.8) is 0 Å². The first-order valence-corrected chi connectivity index (χ1v) is 4.82. The van der Waals surface area contributed by atoms with Crippen molar-refractivity contribution in [2.24, 2.45) is 0 Å². The van der Waals surface area contributed by atoms with Gasteiger partial charge >= 0.3 is 0 Å². The Kier molecular flexibility index (Phi) is 3.28. The van der Waals surface area contributed by atoms with Crippen molar-refractivity contribution >= 4 is 56.6 Å². The van der Waals surface area contributed by atoms with Gasteiger partial charge < -0.3 is 0 Å². The first-order chi connectivity index (χ1) is 5.84. The monoisotopic (exact) mass is 306 g/mol. The van der Waals surface area contributed by atoms with Crippen molar-refractivity contribution in [2.75, 3.05) is 0 Å². The Morgan fingerprint density at radius 2 is 2.15 bits per heavy atom. The van der Waals surface area contributed by atoms with E-state index in [1.165, 1.54) is 6.07 Å². The fraction of sp³-hybridized carbons (Fsp3) is 0.167. The van der Waals surface area contributed by atoms with Gasteiger partial charge in [0.15, 0.2) is 0 Å². The summed E-state index contributed by atoms with van der Waals surface area (Å²) < 4.78 is 11.4. The number of carbonyl (C=O) groups excluding carboxylic acids is 1. The minimum atomic E-state index is -2.18. The summed E-state index contributed by atoms with van der Waals surface area (Å²) >= 11 is 18.6. The third-order valence-corrected chi connectivity index (χ3v) is 2.20. The van der Waals surface area contributed by atoms with E-state index in [-0.39, 0.29) is 4.47 Å².